The molecule has 2 unspecified atom stereocenters. The lowest BCUT2D eigenvalue weighted by Gasteiger charge is -2.44. The van der Waals surface area contributed by atoms with Crippen molar-refractivity contribution in [1.29, 1.82) is 0 Å². The first-order chi connectivity index (χ1) is 10.0. The maximum Gasteiger partial charge on any atom is 0.123 e. The minimum atomic E-state index is -0.143. The maximum atomic E-state index is 13.3. The van der Waals surface area contributed by atoms with E-state index in [9.17, 15) is 4.39 Å². The molecule has 0 aromatic heterocycles. The van der Waals surface area contributed by atoms with E-state index in [1.54, 1.807) is 12.1 Å². The van der Waals surface area contributed by atoms with Crippen molar-refractivity contribution in [3.8, 4) is 0 Å². The summed E-state index contributed by atoms with van der Waals surface area (Å²) in [5, 5.41) is 3.53. The molecule has 2 atom stereocenters. The molecule has 1 aromatic rings. The number of likely N-dealkylation sites (tertiary alicyclic amines) is 1. The number of rotatable bonds is 6. The molecule has 21 heavy (non-hydrogen) atoms. The third-order valence-corrected chi connectivity index (χ3v) is 5.37. The van der Waals surface area contributed by atoms with E-state index in [1.807, 2.05) is 20.0 Å². The van der Waals surface area contributed by atoms with E-state index in [4.69, 9.17) is 0 Å². The summed E-state index contributed by atoms with van der Waals surface area (Å²) < 4.78 is 13.3. The maximum absolute atomic E-state index is 13.3. The Morgan fingerprint density at radius 1 is 1.33 bits per heavy atom. The molecule has 2 nitrogen and oxygen atoms in total. The monoisotopic (exact) mass is 292 g/mol. The van der Waals surface area contributed by atoms with Gasteiger partial charge in [-0.25, -0.2) is 4.39 Å². The lowest BCUT2D eigenvalue weighted by atomic mass is 9.83. The van der Waals surface area contributed by atoms with E-state index in [0.29, 0.717) is 6.04 Å². The Hall–Kier alpha value is -0.930. The fraction of sp³-hybridized carbons (Fsp3) is 0.667. The van der Waals surface area contributed by atoms with Crippen LogP contribution in [0.2, 0.25) is 0 Å². The molecule has 3 heteroatoms. The van der Waals surface area contributed by atoms with Gasteiger partial charge < -0.3 is 5.32 Å². The van der Waals surface area contributed by atoms with Gasteiger partial charge in [0.15, 0.2) is 0 Å². The van der Waals surface area contributed by atoms with Crippen LogP contribution in [0.3, 0.4) is 0 Å². The summed E-state index contributed by atoms with van der Waals surface area (Å²) in [5.74, 6) is -0.143. The van der Waals surface area contributed by atoms with Crippen molar-refractivity contribution in [3.63, 3.8) is 0 Å². The van der Waals surface area contributed by atoms with Gasteiger partial charge in [0.25, 0.3) is 0 Å². The van der Waals surface area contributed by atoms with E-state index in [2.05, 4.69) is 24.1 Å². The first-order valence-electron chi connectivity index (χ1n) is 8.18. The normalized spacial score (nSPS) is 20.4. The molecule has 0 radical (unpaired) electrons. The molecule has 1 heterocycles. The smallest absolute Gasteiger partial charge is 0.123 e. The predicted molar refractivity (Wildman–Crippen MR) is 87.2 cm³/mol. The molecule has 0 amide bonds. The number of benzene rings is 1. The van der Waals surface area contributed by atoms with Crippen LogP contribution >= 0.6 is 0 Å². The van der Waals surface area contributed by atoms with Crippen molar-refractivity contribution in [1.82, 2.24) is 10.2 Å². The van der Waals surface area contributed by atoms with E-state index in [0.717, 1.165) is 18.4 Å². The Morgan fingerprint density at radius 3 is 2.52 bits per heavy atom. The van der Waals surface area contributed by atoms with Gasteiger partial charge in [0.05, 0.1) is 0 Å². The molecular formula is C18H29FN2. The van der Waals surface area contributed by atoms with E-state index in [-0.39, 0.29) is 11.4 Å². The fourth-order valence-electron chi connectivity index (χ4n) is 3.66. The third kappa shape index (κ3) is 3.46. The molecular weight excluding hydrogens is 263 g/mol. The SMILES string of the molecule is CCC(C)(C(Cc1ccc(F)cc1C)NC)N1CCCC1. The highest BCUT2D eigenvalue weighted by molar-refractivity contribution is 5.28. The zero-order valence-corrected chi connectivity index (χ0v) is 13.9. The molecule has 1 aliphatic rings. The molecule has 0 bridgehead atoms. The van der Waals surface area contributed by atoms with Crippen LogP contribution in [0.4, 0.5) is 4.39 Å². The predicted octanol–water partition coefficient (Wildman–Crippen LogP) is 3.53. The number of halogens is 1. The Bertz CT molecular complexity index is 468. The summed E-state index contributed by atoms with van der Waals surface area (Å²) in [4.78, 5) is 2.63. The average Bonchev–Trinajstić information content (AvgIpc) is 3.00. The summed E-state index contributed by atoms with van der Waals surface area (Å²) in [5.41, 5.74) is 2.45. The van der Waals surface area contributed by atoms with Crippen LogP contribution in [0.1, 0.15) is 44.2 Å². The summed E-state index contributed by atoms with van der Waals surface area (Å²) in [6, 6.07) is 5.54. The van der Waals surface area contributed by atoms with Crippen LogP contribution in [0.5, 0.6) is 0 Å². The lowest BCUT2D eigenvalue weighted by molar-refractivity contribution is 0.0872. The quantitative estimate of drug-likeness (QED) is 0.863. The number of nitrogens with one attached hydrogen (secondary N) is 1. The van der Waals surface area contributed by atoms with Gasteiger partial charge in [-0.1, -0.05) is 13.0 Å². The molecule has 0 spiro atoms. The summed E-state index contributed by atoms with van der Waals surface area (Å²) in [6.07, 6.45) is 4.69. The van der Waals surface area contributed by atoms with Gasteiger partial charge in [-0.05, 0) is 82.9 Å². The average molecular weight is 292 g/mol. The van der Waals surface area contributed by atoms with Gasteiger partial charge in [-0.15, -0.1) is 0 Å². The van der Waals surface area contributed by atoms with Crippen LogP contribution in [0.25, 0.3) is 0 Å². The second kappa shape index (κ2) is 6.89. The van der Waals surface area contributed by atoms with Gasteiger partial charge in [0.1, 0.15) is 5.82 Å². The van der Waals surface area contributed by atoms with Crippen molar-refractivity contribution in [2.75, 3.05) is 20.1 Å². The Balaban J connectivity index is 2.20. The Morgan fingerprint density at radius 2 is 2.00 bits per heavy atom. The number of nitrogens with zero attached hydrogens (tertiary/aromatic N) is 1. The first kappa shape index (κ1) is 16.4. The minimum absolute atomic E-state index is 0.143. The summed E-state index contributed by atoms with van der Waals surface area (Å²) in [7, 11) is 2.05. The van der Waals surface area contributed by atoms with Gasteiger partial charge in [-0.3, -0.25) is 4.90 Å². The fourth-order valence-corrected chi connectivity index (χ4v) is 3.66. The molecule has 118 valence electrons. The first-order valence-corrected chi connectivity index (χ1v) is 8.18. The van der Waals surface area contributed by atoms with Crippen LogP contribution in [-0.4, -0.2) is 36.6 Å². The standard InChI is InChI=1S/C18H29FN2/c1-5-18(3,21-10-6-7-11-21)17(20-4)13-15-8-9-16(19)12-14(15)2/h8-9,12,17,20H,5-7,10-11,13H2,1-4H3. The number of hydrogen-bond donors (Lipinski definition) is 1. The van der Waals surface area contributed by atoms with Gasteiger partial charge >= 0.3 is 0 Å². The van der Waals surface area contributed by atoms with Crippen LogP contribution in [-0.2, 0) is 6.42 Å². The summed E-state index contributed by atoms with van der Waals surface area (Å²) >= 11 is 0. The number of likely N-dealkylation sites (N-methyl/N-ethyl adjacent to an activating group) is 1. The third-order valence-electron chi connectivity index (χ3n) is 5.37. The zero-order valence-electron chi connectivity index (χ0n) is 13.9. The van der Waals surface area contributed by atoms with Crippen LogP contribution in [0.15, 0.2) is 18.2 Å². The highest BCUT2D eigenvalue weighted by Gasteiger charge is 2.38. The highest BCUT2D eigenvalue weighted by atomic mass is 19.1. The van der Waals surface area contributed by atoms with Gasteiger partial charge in [0.2, 0.25) is 0 Å². The lowest BCUT2D eigenvalue weighted by Crippen LogP contribution is -2.58. The molecule has 2 rings (SSSR count). The van der Waals surface area contributed by atoms with Crippen molar-refractivity contribution >= 4 is 0 Å². The van der Waals surface area contributed by atoms with E-state index in [1.165, 1.54) is 31.5 Å². The molecule has 1 aliphatic heterocycles. The Kier molecular flexibility index (Phi) is 5.39. The van der Waals surface area contributed by atoms with Gasteiger partial charge in [-0.2, -0.15) is 0 Å². The molecule has 1 saturated heterocycles. The van der Waals surface area contributed by atoms with Crippen LogP contribution < -0.4 is 5.32 Å². The van der Waals surface area contributed by atoms with Crippen molar-refractivity contribution < 1.29 is 4.39 Å². The van der Waals surface area contributed by atoms with E-state index < -0.39 is 0 Å². The Labute approximate surface area is 128 Å². The highest BCUT2D eigenvalue weighted by Crippen LogP contribution is 2.30. The van der Waals surface area contributed by atoms with E-state index >= 15 is 0 Å². The second-order valence-electron chi connectivity index (χ2n) is 6.52. The topological polar surface area (TPSA) is 15.3 Å². The molecule has 0 aliphatic carbocycles. The number of hydrogen-bond acceptors (Lipinski definition) is 2. The second-order valence-corrected chi connectivity index (χ2v) is 6.52. The van der Waals surface area contributed by atoms with Gasteiger partial charge in [0, 0.05) is 11.6 Å². The summed E-state index contributed by atoms with van der Waals surface area (Å²) in [6.45, 7) is 9.05. The number of aryl methyl sites for hydroxylation is 1. The molecule has 1 aromatic carbocycles. The van der Waals surface area contributed by atoms with Crippen molar-refractivity contribution in [2.24, 2.45) is 0 Å². The minimum Gasteiger partial charge on any atom is -0.315 e. The largest absolute Gasteiger partial charge is 0.315 e. The van der Waals surface area contributed by atoms with Crippen molar-refractivity contribution in [3.05, 3.63) is 35.1 Å². The molecule has 1 N–H and O–H groups in total. The zero-order chi connectivity index (χ0) is 15.5. The molecule has 1 fully saturated rings. The van der Waals surface area contributed by atoms with Crippen molar-refractivity contribution in [2.45, 2.75) is 58.0 Å². The van der Waals surface area contributed by atoms with Crippen LogP contribution in [0, 0.1) is 12.7 Å². The molecule has 0 saturated carbocycles.